The first-order valence-electron chi connectivity index (χ1n) is 13.5. The van der Waals surface area contributed by atoms with Gasteiger partial charge in [0.1, 0.15) is 23.5 Å². The molecule has 0 atom stereocenters. The third kappa shape index (κ3) is 5.05. The minimum Gasteiger partial charge on any atom is -0.410 e. The number of hydrogen-bond acceptors (Lipinski definition) is 5. The molecule has 3 aromatic heterocycles. The van der Waals surface area contributed by atoms with Crippen LogP contribution in [0.5, 0.6) is 5.75 Å². The van der Waals surface area contributed by atoms with Crippen LogP contribution in [0.1, 0.15) is 23.2 Å². The highest BCUT2D eigenvalue weighted by molar-refractivity contribution is 5.96. The van der Waals surface area contributed by atoms with E-state index in [4.69, 9.17) is 4.74 Å². The molecule has 6 rings (SSSR count). The van der Waals surface area contributed by atoms with Gasteiger partial charge in [-0.25, -0.2) is 23.9 Å². The summed E-state index contributed by atoms with van der Waals surface area (Å²) in [6.45, 7) is 4.89. The Kier molecular flexibility index (Phi) is 6.85. The average molecular weight is 568 g/mol. The molecule has 0 saturated heterocycles. The number of nitrogens with zero attached hydrogens (tertiary/aromatic N) is 4. The highest BCUT2D eigenvalue weighted by Gasteiger charge is 2.22. The minimum absolute atomic E-state index is 0.0263. The lowest BCUT2D eigenvalue weighted by atomic mass is 10.0. The lowest BCUT2D eigenvalue weighted by Crippen LogP contribution is -2.41. The number of aromatic nitrogens is 4. The van der Waals surface area contributed by atoms with Gasteiger partial charge in [0.25, 0.3) is 0 Å². The van der Waals surface area contributed by atoms with E-state index < -0.39 is 11.9 Å². The number of rotatable bonds is 4. The zero-order chi connectivity index (χ0) is 29.5. The number of H-pyrrole nitrogens is 2. The first-order valence-corrected chi connectivity index (χ1v) is 13.5. The number of halogens is 1. The number of benzene rings is 2. The Morgan fingerprint density at radius 1 is 1.10 bits per heavy atom. The Morgan fingerprint density at radius 2 is 1.93 bits per heavy atom. The van der Waals surface area contributed by atoms with Crippen molar-refractivity contribution in [3.8, 4) is 17.0 Å². The van der Waals surface area contributed by atoms with E-state index in [9.17, 15) is 14.0 Å². The monoisotopic (exact) mass is 567 g/mol. The van der Waals surface area contributed by atoms with E-state index in [1.165, 1.54) is 18.5 Å². The fourth-order valence-electron chi connectivity index (χ4n) is 5.31. The van der Waals surface area contributed by atoms with Crippen LogP contribution in [0.2, 0.25) is 0 Å². The number of fused-ring (bicyclic) bond motifs is 2. The van der Waals surface area contributed by atoms with Gasteiger partial charge in [0.15, 0.2) is 0 Å². The smallest absolute Gasteiger partial charge is 0.410 e. The molecule has 0 spiro atoms. The number of nitrogens with one attached hydrogen (secondary N) is 3. The second-order valence-corrected chi connectivity index (χ2v) is 10.6. The highest BCUT2D eigenvalue weighted by Crippen LogP contribution is 2.35. The summed E-state index contributed by atoms with van der Waals surface area (Å²) < 4.78 is 20.4. The molecule has 3 amide bonds. The molecule has 4 heterocycles. The zero-order valence-electron chi connectivity index (χ0n) is 23.7. The molecule has 0 radical (unpaired) electrons. The van der Waals surface area contributed by atoms with E-state index in [1.54, 1.807) is 43.0 Å². The normalized spacial score (nSPS) is 13.4. The van der Waals surface area contributed by atoms with Crippen LogP contribution in [0.3, 0.4) is 0 Å². The van der Waals surface area contributed by atoms with Crippen LogP contribution in [0.15, 0.2) is 55.0 Å². The summed E-state index contributed by atoms with van der Waals surface area (Å²) >= 11 is 0. The predicted octanol–water partition coefficient (Wildman–Crippen LogP) is 6.24. The standard InChI is InChI=1S/C31H30FN7O3/c1-17-15-33-27-13-21(5-6-22(17)27)42-30(40)37-25-12-20(32)11-23(18(25)2)28-24-14-26(36-29(24)35-16-34-28)19-7-9-39(10-8-19)31(41)38(3)4/h5-7,11-16,33H,8-10H2,1-4H3,(H,37,40)(H,34,35,36). The molecule has 42 heavy (non-hydrogen) atoms. The number of aryl methyl sites for hydroxylation is 1. The van der Waals surface area contributed by atoms with E-state index in [2.05, 4.69) is 25.3 Å². The second-order valence-electron chi connectivity index (χ2n) is 10.6. The van der Waals surface area contributed by atoms with Gasteiger partial charge in [0.2, 0.25) is 0 Å². The number of carbonyl (C=O) groups is 2. The number of urea groups is 1. The lowest BCUT2D eigenvalue weighted by Gasteiger charge is -2.28. The third-order valence-electron chi connectivity index (χ3n) is 7.57. The van der Waals surface area contributed by atoms with Gasteiger partial charge in [-0.1, -0.05) is 6.08 Å². The minimum atomic E-state index is -0.736. The van der Waals surface area contributed by atoms with Gasteiger partial charge in [0, 0.05) is 67.0 Å². The zero-order valence-corrected chi connectivity index (χ0v) is 23.7. The Morgan fingerprint density at radius 3 is 2.69 bits per heavy atom. The highest BCUT2D eigenvalue weighted by atomic mass is 19.1. The van der Waals surface area contributed by atoms with Crippen molar-refractivity contribution in [1.82, 2.24) is 29.7 Å². The van der Waals surface area contributed by atoms with Gasteiger partial charge in [-0.05, 0) is 67.3 Å². The average Bonchev–Trinajstić information content (AvgIpc) is 3.58. The van der Waals surface area contributed by atoms with E-state index in [0.717, 1.165) is 33.1 Å². The van der Waals surface area contributed by atoms with E-state index in [0.29, 0.717) is 47.7 Å². The van der Waals surface area contributed by atoms with Crippen molar-refractivity contribution in [2.45, 2.75) is 20.3 Å². The van der Waals surface area contributed by atoms with E-state index >= 15 is 0 Å². The first kappa shape index (κ1) is 27.0. The maximum atomic E-state index is 14.9. The van der Waals surface area contributed by atoms with Crippen LogP contribution >= 0.6 is 0 Å². The van der Waals surface area contributed by atoms with E-state index in [1.807, 2.05) is 31.3 Å². The summed E-state index contributed by atoms with van der Waals surface area (Å²) in [7, 11) is 3.48. The molecule has 0 aliphatic carbocycles. The number of aromatic amines is 2. The fraction of sp³-hybridized carbons (Fsp3) is 0.226. The van der Waals surface area contributed by atoms with Crippen molar-refractivity contribution in [1.29, 1.82) is 0 Å². The van der Waals surface area contributed by atoms with Gasteiger partial charge in [-0.3, -0.25) is 5.32 Å². The fourth-order valence-corrected chi connectivity index (χ4v) is 5.31. The van der Waals surface area contributed by atoms with Crippen molar-refractivity contribution < 1.29 is 18.7 Å². The van der Waals surface area contributed by atoms with Crippen molar-refractivity contribution in [2.24, 2.45) is 0 Å². The number of ether oxygens (including phenoxy) is 1. The molecule has 5 aromatic rings. The molecule has 0 bridgehead atoms. The summed E-state index contributed by atoms with van der Waals surface area (Å²) in [5, 5.41) is 4.44. The topological polar surface area (TPSA) is 119 Å². The number of anilines is 1. The third-order valence-corrected chi connectivity index (χ3v) is 7.57. The molecular weight excluding hydrogens is 537 g/mol. The van der Waals surface area contributed by atoms with Gasteiger partial charge in [-0.15, -0.1) is 0 Å². The molecule has 0 fully saturated rings. The van der Waals surface area contributed by atoms with Crippen molar-refractivity contribution in [3.63, 3.8) is 0 Å². The Bertz CT molecular complexity index is 1890. The molecule has 2 aromatic carbocycles. The van der Waals surface area contributed by atoms with Crippen molar-refractivity contribution in [3.05, 3.63) is 77.6 Å². The predicted molar refractivity (Wildman–Crippen MR) is 160 cm³/mol. The van der Waals surface area contributed by atoms with Gasteiger partial charge < -0.3 is 24.5 Å². The van der Waals surface area contributed by atoms with Gasteiger partial charge in [-0.2, -0.15) is 0 Å². The lowest BCUT2D eigenvalue weighted by molar-refractivity contribution is 0.176. The van der Waals surface area contributed by atoms with Crippen LogP contribution in [0.4, 0.5) is 19.7 Å². The van der Waals surface area contributed by atoms with Crippen LogP contribution in [0.25, 0.3) is 38.8 Å². The quantitative estimate of drug-likeness (QED) is 0.237. The maximum absolute atomic E-state index is 14.9. The molecule has 11 heteroatoms. The molecule has 0 unspecified atom stereocenters. The molecule has 3 N–H and O–H groups in total. The van der Waals surface area contributed by atoms with E-state index in [-0.39, 0.29) is 11.7 Å². The Labute approximate surface area is 241 Å². The molecule has 214 valence electrons. The second kappa shape index (κ2) is 10.7. The summed E-state index contributed by atoms with van der Waals surface area (Å²) in [5.41, 5.74) is 6.44. The SMILES string of the molecule is Cc1c(NC(=O)Oc2ccc3c(C)c[nH]c3c2)cc(F)cc1-c1ncnc2[nH]c(C3=CCN(C(=O)N(C)C)CC3)cc12. The van der Waals surface area contributed by atoms with Crippen LogP contribution in [-0.2, 0) is 0 Å². The molecular formula is C31H30FN7O3. The summed E-state index contributed by atoms with van der Waals surface area (Å²) in [5.74, 6) is -0.169. The summed E-state index contributed by atoms with van der Waals surface area (Å²) in [6, 6.07) is 9.91. The van der Waals surface area contributed by atoms with Crippen LogP contribution in [0, 0.1) is 19.7 Å². The van der Waals surface area contributed by atoms with Gasteiger partial charge in [0.05, 0.1) is 11.4 Å². The molecule has 1 aliphatic heterocycles. The van der Waals surface area contributed by atoms with Crippen LogP contribution in [-0.4, -0.2) is 69.0 Å². The largest absolute Gasteiger partial charge is 0.417 e. The van der Waals surface area contributed by atoms with Crippen molar-refractivity contribution >= 4 is 45.3 Å². The summed E-state index contributed by atoms with van der Waals surface area (Å²) in [6.07, 6.45) is 5.28. The Hall–Kier alpha value is -5.19. The number of carbonyl (C=O) groups excluding carboxylic acids is 2. The maximum Gasteiger partial charge on any atom is 0.417 e. The van der Waals surface area contributed by atoms with Gasteiger partial charge >= 0.3 is 12.1 Å². The molecule has 0 saturated carbocycles. The molecule has 10 nitrogen and oxygen atoms in total. The van der Waals surface area contributed by atoms with Crippen LogP contribution < -0.4 is 10.1 Å². The molecule has 1 aliphatic rings. The number of amides is 3. The summed E-state index contributed by atoms with van der Waals surface area (Å²) in [4.78, 5) is 43.8. The first-order chi connectivity index (χ1) is 20.2. The number of hydrogen-bond donors (Lipinski definition) is 3. The van der Waals surface area contributed by atoms with Crippen molar-refractivity contribution in [2.75, 3.05) is 32.5 Å². The Balaban J connectivity index is 1.27.